The van der Waals surface area contributed by atoms with E-state index in [1.807, 2.05) is 25.1 Å². The van der Waals surface area contributed by atoms with Gasteiger partial charge in [-0.3, -0.25) is 10.1 Å². The Balaban J connectivity index is 1.71. The monoisotopic (exact) mass is 454 g/mol. The minimum atomic E-state index is -0.565. The average molecular weight is 455 g/mol. The van der Waals surface area contributed by atoms with Crippen molar-refractivity contribution in [3.63, 3.8) is 0 Å². The summed E-state index contributed by atoms with van der Waals surface area (Å²) in [6.45, 7) is 2.37. The molecule has 31 heavy (non-hydrogen) atoms. The lowest BCUT2D eigenvalue weighted by molar-refractivity contribution is -0.112. The summed E-state index contributed by atoms with van der Waals surface area (Å²) in [5.74, 6) is 0.543. The summed E-state index contributed by atoms with van der Waals surface area (Å²) in [4.78, 5) is 12.5. The largest absolute Gasteiger partial charge is 0.493 e. The number of nitrogens with one attached hydrogen (secondary N) is 1. The number of hydrogen-bond acceptors (Lipinski definition) is 7. The van der Waals surface area contributed by atoms with Gasteiger partial charge < -0.3 is 9.47 Å². The van der Waals surface area contributed by atoms with Crippen molar-refractivity contribution in [3.05, 3.63) is 69.2 Å². The number of ether oxygens (including phenoxy) is 2. The minimum Gasteiger partial charge on any atom is -0.493 e. The van der Waals surface area contributed by atoms with E-state index >= 15 is 0 Å². The first-order chi connectivity index (χ1) is 15.0. The summed E-state index contributed by atoms with van der Waals surface area (Å²) < 4.78 is 10.8. The van der Waals surface area contributed by atoms with Crippen molar-refractivity contribution >= 4 is 40.1 Å². The van der Waals surface area contributed by atoms with Gasteiger partial charge in [-0.25, -0.2) is 0 Å². The van der Waals surface area contributed by atoms with Crippen molar-refractivity contribution < 1.29 is 14.3 Å². The molecule has 0 bridgehead atoms. The van der Waals surface area contributed by atoms with Crippen molar-refractivity contribution in [2.75, 3.05) is 19.0 Å². The quantitative estimate of drug-likeness (QED) is 0.390. The molecule has 3 aromatic rings. The lowest BCUT2D eigenvalue weighted by Crippen LogP contribution is -2.13. The summed E-state index contributed by atoms with van der Waals surface area (Å²) in [5, 5.41) is 21.9. The molecule has 0 saturated heterocycles. The molecule has 0 aliphatic rings. The van der Waals surface area contributed by atoms with Gasteiger partial charge in [-0.1, -0.05) is 41.1 Å². The number of benzene rings is 2. The molecule has 1 amide bonds. The summed E-state index contributed by atoms with van der Waals surface area (Å²) >= 11 is 7.15. The zero-order chi connectivity index (χ0) is 22.2. The maximum atomic E-state index is 12.5. The highest BCUT2D eigenvalue weighted by molar-refractivity contribution is 7.15. The van der Waals surface area contributed by atoms with Crippen molar-refractivity contribution in [1.29, 1.82) is 5.26 Å². The SMILES string of the molecule is CCOc1ccc(/C=C(\C#N)C(=O)Nc2nnc(Cc3ccc(Cl)cc3)s2)cc1OC. The number of hydrogen-bond donors (Lipinski definition) is 1. The van der Waals surface area contributed by atoms with Gasteiger partial charge in [0, 0.05) is 11.4 Å². The van der Waals surface area contributed by atoms with Gasteiger partial charge in [-0.15, -0.1) is 10.2 Å². The van der Waals surface area contributed by atoms with E-state index in [0.717, 1.165) is 10.6 Å². The Morgan fingerprint density at radius 2 is 2.00 bits per heavy atom. The van der Waals surface area contributed by atoms with Gasteiger partial charge in [0.05, 0.1) is 13.7 Å². The van der Waals surface area contributed by atoms with Crippen LogP contribution in [0.5, 0.6) is 11.5 Å². The molecule has 0 unspecified atom stereocenters. The Morgan fingerprint density at radius 1 is 1.23 bits per heavy atom. The number of carbonyl (C=O) groups is 1. The van der Waals surface area contributed by atoms with Gasteiger partial charge in [0.1, 0.15) is 16.6 Å². The van der Waals surface area contributed by atoms with Crippen LogP contribution in [-0.4, -0.2) is 29.8 Å². The Hall–Kier alpha value is -3.41. The second kappa shape index (κ2) is 10.6. The lowest BCUT2D eigenvalue weighted by atomic mass is 10.1. The van der Waals surface area contributed by atoms with E-state index in [2.05, 4.69) is 15.5 Å². The van der Waals surface area contributed by atoms with E-state index < -0.39 is 5.91 Å². The number of halogens is 1. The highest BCUT2D eigenvalue weighted by Gasteiger charge is 2.14. The van der Waals surface area contributed by atoms with E-state index in [1.165, 1.54) is 24.5 Å². The number of aromatic nitrogens is 2. The normalized spacial score (nSPS) is 11.0. The molecule has 0 fully saturated rings. The number of nitrogens with zero attached hydrogens (tertiary/aromatic N) is 3. The van der Waals surface area contributed by atoms with E-state index in [-0.39, 0.29) is 5.57 Å². The van der Waals surface area contributed by atoms with Crippen LogP contribution in [0.3, 0.4) is 0 Å². The first-order valence-electron chi connectivity index (χ1n) is 9.33. The lowest BCUT2D eigenvalue weighted by Gasteiger charge is -2.09. The van der Waals surface area contributed by atoms with E-state index in [1.54, 1.807) is 30.3 Å². The van der Waals surface area contributed by atoms with Crippen LogP contribution in [0.1, 0.15) is 23.1 Å². The van der Waals surface area contributed by atoms with Gasteiger partial charge in [-0.2, -0.15) is 5.26 Å². The van der Waals surface area contributed by atoms with Crippen LogP contribution in [0.2, 0.25) is 5.02 Å². The molecule has 0 saturated carbocycles. The molecule has 1 N–H and O–H groups in total. The molecule has 0 aliphatic heterocycles. The summed E-state index contributed by atoms with van der Waals surface area (Å²) in [6, 6.07) is 14.5. The molecule has 3 rings (SSSR count). The van der Waals surface area contributed by atoms with E-state index in [9.17, 15) is 10.1 Å². The smallest absolute Gasteiger partial charge is 0.268 e. The molecule has 2 aromatic carbocycles. The Morgan fingerprint density at radius 3 is 2.68 bits per heavy atom. The molecule has 9 heteroatoms. The van der Waals surface area contributed by atoms with Crippen molar-refractivity contribution in [2.45, 2.75) is 13.3 Å². The molecule has 0 atom stereocenters. The van der Waals surface area contributed by atoms with Gasteiger partial charge in [-0.05, 0) is 48.4 Å². The summed E-state index contributed by atoms with van der Waals surface area (Å²) in [5.41, 5.74) is 1.59. The molecule has 7 nitrogen and oxygen atoms in total. The molecule has 158 valence electrons. The van der Waals surface area contributed by atoms with Crippen LogP contribution in [0.4, 0.5) is 5.13 Å². The third kappa shape index (κ3) is 6.04. The second-order valence-electron chi connectivity index (χ2n) is 6.27. The van der Waals surface area contributed by atoms with E-state index in [0.29, 0.717) is 40.2 Å². The maximum absolute atomic E-state index is 12.5. The Labute approximate surface area is 188 Å². The van der Waals surface area contributed by atoms with Crippen LogP contribution in [-0.2, 0) is 11.2 Å². The molecular formula is C22H19ClN4O3S. The second-order valence-corrected chi connectivity index (χ2v) is 7.77. The topological polar surface area (TPSA) is 97.1 Å². The van der Waals surface area contributed by atoms with Crippen molar-refractivity contribution in [2.24, 2.45) is 0 Å². The Kier molecular flexibility index (Phi) is 7.60. The minimum absolute atomic E-state index is 0.0688. The van der Waals surface area contributed by atoms with Crippen LogP contribution < -0.4 is 14.8 Å². The number of carbonyl (C=O) groups excluding carboxylic acids is 1. The summed E-state index contributed by atoms with van der Waals surface area (Å²) in [7, 11) is 1.53. The predicted octanol–water partition coefficient (Wildman–Crippen LogP) is 4.74. The first kappa shape index (κ1) is 22.3. The van der Waals surface area contributed by atoms with Crippen LogP contribution in [0.25, 0.3) is 6.08 Å². The number of amides is 1. The zero-order valence-electron chi connectivity index (χ0n) is 16.9. The van der Waals surface area contributed by atoms with Crippen molar-refractivity contribution in [3.8, 4) is 17.6 Å². The number of rotatable bonds is 8. The fraction of sp³-hybridized carbons (Fsp3) is 0.182. The standard InChI is InChI=1S/C22H19ClN4O3S/c1-3-30-18-9-6-15(11-19(18)29-2)10-16(13-24)21(28)25-22-27-26-20(31-22)12-14-4-7-17(23)8-5-14/h4-11H,3,12H2,1-2H3,(H,25,27,28)/b16-10+. The van der Waals surface area contributed by atoms with Gasteiger partial charge in [0.25, 0.3) is 5.91 Å². The molecule has 1 aromatic heterocycles. The Bertz CT molecular complexity index is 1140. The fourth-order valence-corrected chi connectivity index (χ4v) is 3.58. The van der Waals surface area contributed by atoms with Crippen molar-refractivity contribution in [1.82, 2.24) is 10.2 Å². The van der Waals surface area contributed by atoms with Crippen LogP contribution >= 0.6 is 22.9 Å². The highest BCUT2D eigenvalue weighted by Crippen LogP contribution is 2.29. The predicted molar refractivity (Wildman–Crippen MR) is 121 cm³/mol. The molecule has 0 radical (unpaired) electrons. The average Bonchev–Trinajstić information content (AvgIpc) is 3.21. The van der Waals surface area contributed by atoms with Crippen LogP contribution in [0, 0.1) is 11.3 Å². The fourth-order valence-electron chi connectivity index (χ4n) is 2.68. The number of nitriles is 1. The van der Waals surface area contributed by atoms with Gasteiger partial charge >= 0.3 is 0 Å². The zero-order valence-corrected chi connectivity index (χ0v) is 18.5. The molecule has 0 spiro atoms. The highest BCUT2D eigenvalue weighted by atomic mass is 35.5. The number of anilines is 1. The maximum Gasteiger partial charge on any atom is 0.268 e. The van der Waals surface area contributed by atoms with E-state index in [4.69, 9.17) is 21.1 Å². The van der Waals surface area contributed by atoms with Gasteiger partial charge in [0.2, 0.25) is 5.13 Å². The summed E-state index contributed by atoms with van der Waals surface area (Å²) in [6.07, 6.45) is 2.04. The van der Waals surface area contributed by atoms with Crippen LogP contribution in [0.15, 0.2) is 48.0 Å². The third-order valence-corrected chi connectivity index (χ3v) is 5.21. The molecular weight excluding hydrogens is 436 g/mol. The first-order valence-corrected chi connectivity index (χ1v) is 10.5. The number of methoxy groups -OCH3 is 1. The molecule has 1 heterocycles. The third-order valence-electron chi connectivity index (χ3n) is 4.12. The molecule has 0 aliphatic carbocycles. The van der Waals surface area contributed by atoms with Gasteiger partial charge in [0.15, 0.2) is 11.5 Å².